The molecule has 0 aliphatic heterocycles. The van der Waals surface area contributed by atoms with Crippen LogP contribution >= 0.6 is 23.2 Å². The molecule has 0 aromatic heterocycles. The molecular formula is C14H21Cl2N. The van der Waals surface area contributed by atoms with Gasteiger partial charge in [-0.3, -0.25) is 0 Å². The van der Waals surface area contributed by atoms with E-state index in [9.17, 15) is 0 Å². The van der Waals surface area contributed by atoms with Crippen molar-refractivity contribution in [1.82, 2.24) is 5.32 Å². The fourth-order valence-electron chi connectivity index (χ4n) is 1.70. The zero-order valence-electron chi connectivity index (χ0n) is 10.8. The lowest BCUT2D eigenvalue weighted by Crippen LogP contribution is -2.28. The Morgan fingerprint density at radius 2 is 1.71 bits per heavy atom. The van der Waals surface area contributed by atoms with Crippen molar-refractivity contribution in [2.24, 2.45) is 5.92 Å². The van der Waals surface area contributed by atoms with Crippen LogP contribution < -0.4 is 5.32 Å². The van der Waals surface area contributed by atoms with Crippen LogP contribution in [-0.4, -0.2) is 12.6 Å². The average Bonchev–Trinajstić information content (AvgIpc) is 2.25. The van der Waals surface area contributed by atoms with Crippen LogP contribution in [0.1, 0.15) is 32.8 Å². The van der Waals surface area contributed by atoms with Gasteiger partial charge < -0.3 is 5.32 Å². The van der Waals surface area contributed by atoms with E-state index in [2.05, 4.69) is 26.1 Å². The summed E-state index contributed by atoms with van der Waals surface area (Å²) in [7, 11) is 0. The second kappa shape index (κ2) is 7.25. The zero-order valence-corrected chi connectivity index (χ0v) is 12.3. The second-order valence-corrected chi connectivity index (χ2v) is 5.72. The van der Waals surface area contributed by atoms with Crippen LogP contribution in [0.4, 0.5) is 0 Å². The summed E-state index contributed by atoms with van der Waals surface area (Å²) >= 11 is 12.3. The van der Waals surface area contributed by atoms with Gasteiger partial charge in [0, 0.05) is 16.1 Å². The van der Waals surface area contributed by atoms with Crippen molar-refractivity contribution in [3.8, 4) is 0 Å². The SMILES string of the molecule is CC(CCc1c(Cl)cccc1Cl)CNC(C)C. The molecule has 1 atom stereocenters. The monoisotopic (exact) mass is 273 g/mol. The molecule has 1 rings (SSSR count). The Bertz CT molecular complexity index is 330. The molecule has 0 spiro atoms. The van der Waals surface area contributed by atoms with E-state index in [-0.39, 0.29) is 0 Å². The molecule has 1 unspecified atom stereocenters. The maximum Gasteiger partial charge on any atom is 0.0452 e. The Kier molecular flexibility index (Phi) is 6.32. The Labute approximate surface area is 115 Å². The van der Waals surface area contributed by atoms with Gasteiger partial charge in [-0.1, -0.05) is 50.0 Å². The highest BCUT2D eigenvalue weighted by Gasteiger charge is 2.08. The van der Waals surface area contributed by atoms with Crippen molar-refractivity contribution in [3.05, 3.63) is 33.8 Å². The Morgan fingerprint density at radius 3 is 2.24 bits per heavy atom. The van der Waals surface area contributed by atoms with Gasteiger partial charge in [-0.25, -0.2) is 0 Å². The molecule has 1 aromatic carbocycles. The summed E-state index contributed by atoms with van der Waals surface area (Å²) in [6, 6.07) is 6.23. The quantitative estimate of drug-likeness (QED) is 0.801. The molecule has 0 fully saturated rings. The van der Waals surface area contributed by atoms with Crippen LogP contribution in [0.15, 0.2) is 18.2 Å². The van der Waals surface area contributed by atoms with Crippen molar-refractivity contribution < 1.29 is 0 Å². The summed E-state index contributed by atoms with van der Waals surface area (Å²) in [4.78, 5) is 0. The Morgan fingerprint density at radius 1 is 1.12 bits per heavy atom. The third kappa shape index (κ3) is 5.29. The van der Waals surface area contributed by atoms with Gasteiger partial charge in [0.2, 0.25) is 0 Å². The molecular weight excluding hydrogens is 253 g/mol. The molecule has 0 bridgehead atoms. The lowest BCUT2D eigenvalue weighted by molar-refractivity contribution is 0.454. The van der Waals surface area contributed by atoms with Crippen molar-refractivity contribution >= 4 is 23.2 Å². The molecule has 3 heteroatoms. The van der Waals surface area contributed by atoms with Crippen LogP contribution in [0.5, 0.6) is 0 Å². The first-order valence-electron chi connectivity index (χ1n) is 6.17. The Balaban J connectivity index is 2.44. The first-order chi connectivity index (χ1) is 8.00. The molecule has 0 saturated heterocycles. The lowest BCUT2D eigenvalue weighted by atomic mass is 10.0. The van der Waals surface area contributed by atoms with Crippen LogP contribution in [0.25, 0.3) is 0 Å². The van der Waals surface area contributed by atoms with Gasteiger partial charge in [-0.15, -0.1) is 0 Å². The molecule has 0 aliphatic carbocycles. The molecule has 0 aliphatic rings. The maximum absolute atomic E-state index is 6.14. The van der Waals surface area contributed by atoms with E-state index < -0.39 is 0 Å². The number of hydrogen-bond donors (Lipinski definition) is 1. The van der Waals surface area contributed by atoms with Gasteiger partial charge in [-0.2, -0.15) is 0 Å². The summed E-state index contributed by atoms with van der Waals surface area (Å²) in [6.07, 6.45) is 2.04. The zero-order chi connectivity index (χ0) is 12.8. The fourth-order valence-corrected chi connectivity index (χ4v) is 2.29. The summed E-state index contributed by atoms with van der Waals surface area (Å²) in [5, 5.41) is 5.00. The average molecular weight is 274 g/mol. The number of rotatable bonds is 6. The highest BCUT2D eigenvalue weighted by Crippen LogP contribution is 2.26. The lowest BCUT2D eigenvalue weighted by Gasteiger charge is -2.15. The molecule has 1 nitrogen and oxygen atoms in total. The highest BCUT2D eigenvalue weighted by atomic mass is 35.5. The van der Waals surface area contributed by atoms with E-state index in [0.717, 1.165) is 35.0 Å². The summed E-state index contributed by atoms with van der Waals surface area (Å²) in [5.74, 6) is 0.629. The molecule has 96 valence electrons. The van der Waals surface area contributed by atoms with Gasteiger partial charge >= 0.3 is 0 Å². The van der Waals surface area contributed by atoms with Crippen molar-refractivity contribution in [1.29, 1.82) is 0 Å². The van der Waals surface area contributed by atoms with Gasteiger partial charge in [0.05, 0.1) is 0 Å². The molecule has 1 N–H and O–H groups in total. The van der Waals surface area contributed by atoms with E-state index in [0.29, 0.717) is 12.0 Å². The number of nitrogens with one attached hydrogen (secondary N) is 1. The predicted octanol–water partition coefficient (Wildman–Crippen LogP) is 4.56. The van der Waals surface area contributed by atoms with Crippen molar-refractivity contribution in [3.63, 3.8) is 0 Å². The number of halogens is 2. The van der Waals surface area contributed by atoms with E-state index >= 15 is 0 Å². The van der Waals surface area contributed by atoms with Gasteiger partial charge in [0.25, 0.3) is 0 Å². The summed E-state index contributed by atoms with van der Waals surface area (Å²) in [6.45, 7) is 7.62. The highest BCUT2D eigenvalue weighted by molar-refractivity contribution is 6.35. The third-order valence-corrected chi connectivity index (χ3v) is 3.53. The van der Waals surface area contributed by atoms with E-state index in [1.165, 1.54) is 0 Å². The van der Waals surface area contributed by atoms with Crippen molar-refractivity contribution in [2.75, 3.05) is 6.54 Å². The molecule has 17 heavy (non-hydrogen) atoms. The summed E-state index contributed by atoms with van der Waals surface area (Å²) < 4.78 is 0. The third-order valence-electron chi connectivity index (χ3n) is 2.82. The smallest absolute Gasteiger partial charge is 0.0452 e. The molecule has 0 saturated carbocycles. The standard InChI is InChI=1S/C14H21Cl2N/c1-10(2)17-9-11(3)7-8-12-13(15)5-4-6-14(12)16/h4-6,10-11,17H,7-9H2,1-3H3. The van der Waals surface area contributed by atoms with E-state index in [4.69, 9.17) is 23.2 Å². The predicted molar refractivity (Wildman–Crippen MR) is 77.1 cm³/mol. The van der Waals surface area contributed by atoms with Gasteiger partial charge in [0.15, 0.2) is 0 Å². The fraction of sp³-hybridized carbons (Fsp3) is 0.571. The molecule has 0 radical (unpaired) electrons. The first kappa shape index (κ1) is 14.8. The minimum Gasteiger partial charge on any atom is -0.314 e. The topological polar surface area (TPSA) is 12.0 Å². The van der Waals surface area contributed by atoms with Crippen LogP contribution in [0.2, 0.25) is 10.0 Å². The minimum atomic E-state index is 0.543. The molecule has 0 heterocycles. The van der Waals surface area contributed by atoms with Gasteiger partial charge in [0.1, 0.15) is 0 Å². The molecule has 1 aromatic rings. The van der Waals surface area contributed by atoms with E-state index in [1.54, 1.807) is 0 Å². The Hall–Kier alpha value is -0.240. The van der Waals surface area contributed by atoms with Crippen LogP contribution in [0, 0.1) is 5.92 Å². The number of hydrogen-bond acceptors (Lipinski definition) is 1. The van der Waals surface area contributed by atoms with Crippen molar-refractivity contribution in [2.45, 2.75) is 39.7 Å². The number of benzene rings is 1. The normalized spacial score (nSPS) is 13.1. The second-order valence-electron chi connectivity index (χ2n) is 4.91. The molecule has 0 amide bonds. The van der Waals surface area contributed by atoms with Gasteiger partial charge in [-0.05, 0) is 43.0 Å². The maximum atomic E-state index is 6.14. The van der Waals surface area contributed by atoms with Crippen LogP contribution in [0.3, 0.4) is 0 Å². The summed E-state index contributed by atoms with van der Waals surface area (Å²) in [5.41, 5.74) is 1.08. The largest absolute Gasteiger partial charge is 0.314 e. The van der Waals surface area contributed by atoms with Crippen LogP contribution in [-0.2, 0) is 6.42 Å². The van der Waals surface area contributed by atoms with E-state index in [1.807, 2.05) is 18.2 Å². The first-order valence-corrected chi connectivity index (χ1v) is 6.92. The minimum absolute atomic E-state index is 0.543.